The van der Waals surface area contributed by atoms with E-state index in [1.54, 1.807) is 0 Å². The van der Waals surface area contributed by atoms with E-state index >= 15 is 0 Å². The van der Waals surface area contributed by atoms with E-state index in [2.05, 4.69) is 35.4 Å². The van der Waals surface area contributed by atoms with Crippen molar-refractivity contribution in [1.29, 1.82) is 0 Å². The van der Waals surface area contributed by atoms with Crippen molar-refractivity contribution in [1.82, 2.24) is 15.5 Å². The number of rotatable bonds is 4. The van der Waals surface area contributed by atoms with Gasteiger partial charge < -0.3 is 5.32 Å². The Morgan fingerprint density at radius 1 is 1.36 bits per heavy atom. The third kappa shape index (κ3) is 2.51. The van der Waals surface area contributed by atoms with Crippen molar-refractivity contribution in [3.8, 4) is 0 Å². The monoisotopic (exact) mass is 193 g/mol. The SMILES string of the molecule is CCC(NC)C(C)c1ccc(C)nn1. The molecule has 3 nitrogen and oxygen atoms in total. The topological polar surface area (TPSA) is 37.8 Å². The van der Waals surface area contributed by atoms with Gasteiger partial charge in [-0.05, 0) is 32.5 Å². The lowest BCUT2D eigenvalue weighted by Crippen LogP contribution is -2.30. The van der Waals surface area contributed by atoms with Crippen LogP contribution < -0.4 is 5.32 Å². The third-order valence-electron chi connectivity index (χ3n) is 2.70. The van der Waals surface area contributed by atoms with Crippen LogP contribution in [0, 0.1) is 6.92 Å². The summed E-state index contributed by atoms with van der Waals surface area (Å²) in [6.07, 6.45) is 1.10. The molecule has 2 atom stereocenters. The fourth-order valence-electron chi connectivity index (χ4n) is 1.67. The largest absolute Gasteiger partial charge is 0.316 e. The van der Waals surface area contributed by atoms with Gasteiger partial charge in [-0.1, -0.05) is 13.8 Å². The normalized spacial score (nSPS) is 15.1. The summed E-state index contributed by atoms with van der Waals surface area (Å²) in [5, 5.41) is 11.6. The highest BCUT2D eigenvalue weighted by Crippen LogP contribution is 2.18. The minimum absolute atomic E-state index is 0.415. The number of aryl methyl sites for hydroxylation is 1. The smallest absolute Gasteiger partial charge is 0.0674 e. The van der Waals surface area contributed by atoms with Crippen LogP contribution in [-0.2, 0) is 0 Å². The number of nitrogens with zero attached hydrogens (tertiary/aromatic N) is 2. The Hall–Kier alpha value is -0.960. The maximum Gasteiger partial charge on any atom is 0.0674 e. The maximum absolute atomic E-state index is 4.20. The maximum atomic E-state index is 4.20. The number of nitrogens with one attached hydrogen (secondary N) is 1. The summed E-state index contributed by atoms with van der Waals surface area (Å²) in [5.41, 5.74) is 2.04. The molecule has 0 radical (unpaired) electrons. The molecule has 0 spiro atoms. The molecule has 1 heterocycles. The highest BCUT2D eigenvalue weighted by atomic mass is 15.1. The lowest BCUT2D eigenvalue weighted by atomic mass is 9.96. The molecule has 1 aromatic heterocycles. The van der Waals surface area contributed by atoms with Crippen molar-refractivity contribution in [2.24, 2.45) is 0 Å². The minimum Gasteiger partial charge on any atom is -0.316 e. The van der Waals surface area contributed by atoms with Crippen LogP contribution in [0.25, 0.3) is 0 Å². The molecule has 0 fully saturated rings. The molecule has 1 N–H and O–H groups in total. The second-order valence-corrected chi connectivity index (χ2v) is 3.69. The van der Waals surface area contributed by atoms with Crippen molar-refractivity contribution in [2.45, 2.75) is 39.2 Å². The van der Waals surface area contributed by atoms with Gasteiger partial charge in [0.15, 0.2) is 0 Å². The predicted octanol–water partition coefficient (Wildman–Crippen LogP) is 1.89. The quantitative estimate of drug-likeness (QED) is 0.793. The molecule has 3 heteroatoms. The van der Waals surface area contributed by atoms with Crippen molar-refractivity contribution in [3.63, 3.8) is 0 Å². The van der Waals surface area contributed by atoms with E-state index in [1.165, 1.54) is 0 Å². The van der Waals surface area contributed by atoms with E-state index in [1.807, 2.05) is 20.0 Å². The van der Waals surface area contributed by atoms with Gasteiger partial charge in [0.05, 0.1) is 11.4 Å². The molecule has 0 aliphatic heterocycles. The first-order valence-electron chi connectivity index (χ1n) is 5.16. The molecule has 0 aromatic carbocycles. The van der Waals surface area contributed by atoms with Gasteiger partial charge >= 0.3 is 0 Å². The van der Waals surface area contributed by atoms with Crippen LogP contribution >= 0.6 is 0 Å². The van der Waals surface area contributed by atoms with Crippen LogP contribution in [0.2, 0.25) is 0 Å². The standard InChI is InChI=1S/C11H19N3/c1-5-10(12-4)9(3)11-7-6-8(2)13-14-11/h6-7,9-10,12H,5H2,1-4H3. The van der Waals surface area contributed by atoms with E-state index < -0.39 is 0 Å². The van der Waals surface area contributed by atoms with Crippen LogP contribution in [-0.4, -0.2) is 23.3 Å². The van der Waals surface area contributed by atoms with Crippen LogP contribution in [0.1, 0.15) is 37.6 Å². The Bertz CT molecular complexity index is 264. The molecule has 2 unspecified atom stereocenters. The average Bonchev–Trinajstić information content (AvgIpc) is 2.20. The first-order valence-corrected chi connectivity index (χ1v) is 5.16. The van der Waals surface area contributed by atoms with Crippen molar-refractivity contribution >= 4 is 0 Å². The Labute approximate surface area is 85.9 Å². The molecule has 0 bridgehead atoms. The molecule has 0 aliphatic carbocycles. The fourth-order valence-corrected chi connectivity index (χ4v) is 1.67. The van der Waals surface area contributed by atoms with Crippen molar-refractivity contribution in [2.75, 3.05) is 7.05 Å². The first-order chi connectivity index (χ1) is 6.69. The highest BCUT2D eigenvalue weighted by Gasteiger charge is 2.16. The first kappa shape index (κ1) is 11.1. The molecular formula is C11H19N3. The number of hydrogen-bond donors (Lipinski definition) is 1. The molecule has 1 aromatic rings. The molecular weight excluding hydrogens is 174 g/mol. The Morgan fingerprint density at radius 3 is 2.50 bits per heavy atom. The van der Waals surface area contributed by atoms with Gasteiger partial charge in [-0.2, -0.15) is 10.2 Å². The van der Waals surface area contributed by atoms with Gasteiger partial charge in [0.25, 0.3) is 0 Å². The predicted molar refractivity (Wildman–Crippen MR) is 58.3 cm³/mol. The van der Waals surface area contributed by atoms with Crippen LogP contribution in [0.3, 0.4) is 0 Å². The second kappa shape index (κ2) is 5.05. The summed E-state index contributed by atoms with van der Waals surface area (Å²) >= 11 is 0. The Kier molecular flexibility index (Phi) is 4.01. The molecule has 1 rings (SSSR count). The molecule has 0 saturated heterocycles. The van der Waals surface area contributed by atoms with E-state index in [9.17, 15) is 0 Å². The Balaban J connectivity index is 2.77. The number of aromatic nitrogens is 2. The van der Waals surface area contributed by atoms with E-state index in [-0.39, 0.29) is 0 Å². The minimum atomic E-state index is 0.415. The molecule has 0 amide bonds. The molecule has 14 heavy (non-hydrogen) atoms. The lowest BCUT2D eigenvalue weighted by Gasteiger charge is -2.21. The summed E-state index contributed by atoms with van der Waals surface area (Å²) in [7, 11) is 1.99. The molecule has 0 saturated carbocycles. The van der Waals surface area contributed by atoms with Gasteiger partial charge in [-0.3, -0.25) is 0 Å². The summed E-state index contributed by atoms with van der Waals surface area (Å²) in [5.74, 6) is 0.415. The van der Waals surface area contributed by atoms with Crippen molar-refractivity contribution in [3.05, 3.63) is 23.5 Å². The lowest BCUT2D eigenvalue weighted by molar-refractivity contribution is 0.462. The fraction of sp³-hybridized carbons (Fsp3) is 0.636. The zero-order valence-corrected chi connectivity index (χ0v) is 9.41. The molecule has 78 valence electrons. The van der Waals surface area contributed by atoms with E-state index in [4.69, 9.17) is 0 Å². The van der Waals surface area contributed by atoms with Gasteiger partial charge in [0.2, 0.25) is 0 Å². The summed E-state index contributed by atoms with van der Waals surface area (Å²) in [6.45, 7) is 6.32. The van der Waals surface area contributed by atoms with Gasteiger partial charge in [0, 0.05) is 12.0 Å². The van der Waals surface area contributed by atoms with Gasteiger partial charge in [-0.15, -0.1) is 0 Å². The third-order valence-corrected chi connectivity index (χ3v) is 2.70. The van der Waals surface area contributed by atoms with Crippen LogP contribution in [0.4, 0.5) is 0 Å². The molecule has 0 aliphatic rings. The van der Waals surface area contributed by atoms with Crippen molar-refractivity contribution < 1.29 is 0 Å². The summed E-state index contributed by atoms with van der Waals surface area (Å²) in [4.78, 5) is 0. The van der Waals surface area contributed by atoms with E-state index in [0.717, 1.165) is 17.8 Å². The van der Waals surface area contributed by atoms with Gasteiger partial charge in [0.1, 0.15) is 0 Å². The number of likely N-dealkylation sites (N-methyl/N-ethyl adjacent to an activating group) is 1. The summed E-state index contributed by atoms with van der Waals surface area (Å²) in [6, 6.07) is 4.56. The zero-order valence-electron chi connectivity index (χ0n) is 9.41. The zero-order chi connectivity index (χ0) is 10.6. The summed E-state index contributed by atoms with van der Waals surface area (Å²) < 4.78 is 0. The van der Waals surface area contributed by atoms with Crippen LogP contribution in [0.5, 0.6) is 0 Å². The average molecular weight is 193 g/mol. The Morgan fingerprint density at radius 2 is 2.07 bits per heavy atom. The van der Waals surface area contributed by atoms with Crippen LogP contribution in [0.15, 0.2) is 12.1 Å². The van der Waals surface area contributed by atoms with E-state index in [0.29, 0.717) is 12.0 Å². The highest BCUT2D eigenvalue weighted by molar-refractivity contribution is 5.11. The second-order valence-electron chi connectivity index (χ2n) is 3.69. The number of hydrogen-bond acceptors (Lipinski definition) is 3. The van der Waals surface area contributed by atoms with Gasteiger partial charge in [-0.25, -0.2) is 0 Å².